The molecule has 21 heavy (non-hydrogen) atoms. The van der Waals surface area contributed by atoms with E-state index in [9.17, 15) is 30.4 Å². The molecule has 0 aromatic rings. The number of rotatable bonds is 5. The average Bonchev–Trinajstić information content (AvgIpc) is 2.37. The minimum Gasteiger partial charge on any atom is -0.215 e. The van der Waals surface area contributed by atoms with Gasteiger partial charge in [0.1, 0.15) is 11.7 Å². The molecule has 1 aliphatic carbocycles. The van der Waals surface area contributed by atoms with Crippen molar-refractivity contribution in [2.45, 2.75) is 50.5 Å². The highest BCUT2D eigenvalue weighted by Gasteiger charge is 2.43. The molecule has 0 atom stereocenters. The zero-order valence-corrected chi connectivity index (χ0v) is 12.3. The van der Waals surface area contributed by atoms with E-state index in [1.165, 1.54) is 0 Å². The third-order valence-corrected chi connectivity index (χ3v) is 5.55. The Morgan fingerprint density at radius 3 is 2.10 bits per heavy atom. The lowest BCUT2D eigenvalue weighted by molar-refractivity contribution is -0.181. The number of alkyl halides is 3. The summed E-state index contributed by atoms with van der Waals surface area (Å²) < 4.78 is 88.6. The lowest BCUT2D eigenvalue weighted by Gasteiger charge is -2.29. The van der Waals surface area contributed by atoms with E-state index in [4.69, 9.17) is 0 Å². The molecule has 0 aromatic carbocycles. The fourth-order valence-electron chi connectivity index (χ4n) is 2.29. The quantitative estimate of drug-likeness (QED) is 0.781. The average molecular weight is 335 g/mol. The van der Waals surface area contributed by atoms with Gasteiger partial charge in [-0.1, -0.05) is 0 Å². The predicted octanol–water partition coefficient (Wildman–Crippen LogP) is 3.59. The van der Waals surface area contributed by atoms with E-state index >= 15 is 0 Å². The summed E-state index contributed by atoms with van der Waals surface area (Å²) in [4.78, 5) is 0. The van der Waals surface area contributed by atoms with Crippen molar-refractivity contribution in [3.05, 3.63) is 11.7 Å². The lowest BCUT2D eigenvalue weighted by atomic mass is 9.88. The minimum atomic E-state index is -4.30. The Labute approximate surface area is 120 Å². The van der Waals surface area contributed by atoms with E-state index in [1.54, 1.807) is 0 Å². The molecule has 1 aliphatic rings. The third-order valence-electron chi connectivity index (χ3n) is 3.60. The molecule has 1 N–H and O–H groups in total. The molecular formula is C12H18F5NO2S. The minimum absolute atomic E-state index is 0.0834. The molecule has 124 valence electrons. The summed E-state index contributed by atoms with van der Waals surface area (Å²) >= 11 is 0. The number of halogens is 5. The topological polar surface area (TPSA) is 46.2 Å². The molecule has 0 amide bonds. The zero-order chi connectivity index (χ0) is 16.3. The smallest absolute Gasteiger partial charge is 0.215 e. The van der Waals surface area contributed by atoms with Gasteiger partial charge in [0.15, 0.2) is 0 Å². The summed E-state index contributed by atoms with van der Waals surface area (Å²) in [7, 11) is -3.80. The fraction of sp³-hybridized carbons (Fsp3) is 0.833. The molecule has 1 saturated carbocycles. The maximum Gasteiger partial charge on any atom is 0.391 e. The molecular weight excluding hydrogens is 317 g/mol. The van der Waals surface area contributed by atoms with E-state index < -0.39 is 45.4 Å². The van der Waals surface area contributed by atoms with Gasteiger partial charge in [-0.25, -0.2) is 21.9 Å². The molecule has 0 aromatic heterocycles. The van der Waals surface area contributed by atoms with E-state index in [2.05, 4.69) is 4.72 Å². The second-order valence-electron chi connectivity index (χ2n) is 5.14. The Bertz CT molecular complexity index is 474. The van der Waals surface area contributed by atoms with Crippen LogP contribution in [0.2, 0.25) is 0 Å². The maximum atomic E-state index is 12.9. The van der Waals surface area contributed by atoms with Crippen molar-refractivity contribution in [2.75, 3.05) is 6.54 Å². The first-order valence-corrected chi connectivity index (χ1v) is 8.14. The van der Waals surface area contributed by atoms with Crippen molar-refractivity contribution >= 4 is 10.0 Å². The molecule has 0 heterocycles. The summed E-state index contributed by atoms with van der Waals surface area (Å²) in [5.74, 6) is -3.52. The molecule has 0 saturated heterocycles. The molecule has 9 heteroatoms. The highest BCUT2D eigenvalue weighted by Crippen LogP contribution is 2.38. The molecule has 1 rings (SSSR count). The van der Waals surface area contributed by atoms with Crippen LogP contribution in [0.4, 0.5) is 22.0 Å². The Balaban J connectivity index is 2.49. The van der Waals surface area contributed by atoms with Crippen LogP contribution in [0.5, 0.6) is 0 Å². The molecule has 0 aliphatic heterocycles. The number of allylic oxidation sites excluding steroid dienone is 1. The second kappa shape index (κ2) is 7.04. The van der Waals surface area contributed by atoms with Crippen LogP contribution in [0.1, 0.15) is 39.0 Å². The first kappa shape index (κ1) is 18.3. The summed E-state index contributed by atoms with van der Waals surface area (Å²) in [6.07, 6.45) is -5.34. The lowest BCUT2D eigenvalue weighted by Crippen LogP contribution is -2.39. The van der Waals surface area contributed by atoms with Crippen molar-refractivity contribution in [1.82, 2.24) is 4.72 Å². The Hall–Kier alpha value is -0.700. The van der Waals surface area contributed by atoms with E-state index in [0.717, 1.165) is 6.92 Å². The van der Waals surface area contributed by atoms with Crippen LogP contribution in [-0.4, -0.2) is 26.4 Å². The van der Waals surface area contributed by atoms with Gasteiger partial charge < -0.3 is 0 Å². The summed E-state index contributed by atoms with van der Waals surface area (Å²) in [6, 6.07) is 0. The van der Waals surface area contributed by atoms with Crippen molar-refractivity contribution in [1.29, 1.82) is 0 Å². The highest BCUT2D eigenvalue weighted by molar-refractivity contribution is 7.90. The zero-order valence-electron chi connectivity index (χ0n) is 11.5. The normalized spacial score (nSPS) is 25.6. The van der Waals surface area contributed by atoms with E-state index in [0.29, 0.717) is 0 Å². The second-order valence-corrected chi connectivity index (χ2v) is 7.19. The van der Waals surface area contributed by atoms with Crippen LogP contribution in [0.15, 0.2) is 11.7 Å². The van der Waals surface area contributed by atoms with Gasteiger partial charge in [-0.05, 0) is 32.6 Å². The van der Waals surface area contributed by atoms with Crippen LogP contribution in [-0.2, 0) is 10.0 Å². The van der Waals surface area contributed by atoms with Crippen molar-refractivity contribution < 1.29 is 30.4 Å². The first-order valence-electron chi connectivity index (χ1n) is 6.60. The van der Waals surface area contributed by atoms with Gasteiger partial charge in [0.05, 0.1) is 11.2 Å². The van der Waals surface area contributed by atoms with Gasteiger partial charge in [0, 0.05) is 13.0 Å². The molecule has 1 fully saturated rings. The van der Waals surface area contributed by atoms with Gasteiger partial charge in [0.2, 0.25) is 10.0 Å². The largest absolute Gasteiger partial charge is 0.391 e. The molecule has 0 radical (unpaired) electrons. The van der Waals surface area contributed by atoms with Gasteiger partial charge >= 0.3 is 6.18 Å². The standard InChI is InChI=1S/C12H18F5NO2S/c1-8(13)11(14)6-7-18-21(19,20)10-4-2-9(3-5-10)12(15,16)17/h9-10,18H,2-7H2,1H3/b11-8+. The van der Waals surface area contributed by atoms with Crippen LogP contribution in [0.3, 0.4) is 0 Å². The molecule has 3 nitrogen and oxygen atoms in total. The number of hydrogen-bond acceptors (Lipinski definition) is 2. The van der Waals surface area contributed by atoms with Crippen LogP contribution >= 0.6 is 0 Å². The van der Waals surface area contributed by atoms with Crippen LogP contribution in [0, 0.1) is 5.92 Å². The van der Waals surface area contributed by atoms with Crippen molar-refractivity contribution in [2.24, 2.45) is 5.92 Å². The van der Waals surface area contributed by atoms with E-state index in [1.807, 2.05) is 0 Å². The van der Waals surface area contributed by atoms with Gasteiger partial charge in [0.25, 0.3) is 0 Å². The third kappa shape index (κ3) is 5.54. The highest BCUT2D eigenvalue weighted by atomic mass is 32.2. The van der Waals surface area contributed by atoms with Crippen LogP contribution in [0.25, 0.3) is 0 Å². The predicted molar refractivity (Wildman–Crippen MR) is 68.3 cm³/mol. The first-order chi connectivity index (χ1) is 9.54. The summed E-state index contributed by atoms with van der Waals surface area (Å²) in [6.45, 7) is 0.608. The Kier molecular flexibility index (Phi) is 6.15. The Morgan fingerprint density at radius 2 is 1.67 bits per heavy atom. The molecule has 0 unspecified atom stereocenters. The Morgan fingerprint density at radius 1 is 1.14 bits per heavy atom. The number of hydrogen-bond donors (Lipinski definition) is 1. The van der Waals surface area contributed by atoms with Crippen LogP contribution < -0.4 is 4.72 Å². The number of nitrogens with one attached hydrogen (secondary N) is 1. The molecule has 0 spiro atoms. The summed E-state index contributed by atoms with van der Waals surface area (Å²) in [5, 5.41) is -0.908. The monoisotopic (exact) mass is 335 g/mol. The van der Waals surface area contributed by atoms with Gasteiger partial charge in [-0.15, -0.1) is 0 Å². The van der Waals surface area contributed by atoms with Crippen molar-refractivity contribution in [3.8, 4) is 0 Å². The van der Waals surface area contributed by atoms with Gasteiger partial charge in [-0.2, -0.15) is 13.2 Å². The number of sulfonamides is 1. The maximum absolute atomic E-state index is 12.9. The fourth-order valence-corrected chi connectivity index (χ4v) is 3.81. The summed E-state index contributed by atoms with van der Waals surface area (Å²) in [5.41, 5.74) is 0. The van der Waals surface area contributed by atoms with Crippen molar-refractivity contribution in [3.63, 3.8) is 0 Å². The SMILES string of the molecule is C/C(F)=C(\F)CCNS(=O)(=O)C1CCC(C(F)(F)F)CC1. The van der Waals surface area contributed by atoms with Gasteiger partial charge in [-0.3, -0.25) is 0 Å². The molecule has 0 bridgehead atoms. The van der Waals surface area contributed by atoms with E-state index in [-0.39, 0.29) is 32.2 Å².